The zero-order chi connectivity index (χ0) is 22.5. The fourth-order valence-electron chi connectivity index (χ4n) is 5.61. The second kappa shape index (κ2) is 7.83. The highest BCUT2D eigenvalue weighted by molar-refractivity contribution is 6.15. The van der Waals surface area contributed by atoms with Gasteiger partial charge in [0.25, 0.3) is 0 Å². The van der Waals surface area contributed by atoms with E-state index < -0.39 is 17.4 Å². The molecule has 7 nitrogen and oxygen atoms in total. The van der Waals surface area contributed by atoms with E-state index >= 15 is 0 Å². The van der Waals surface area contributed by atoms with Crippen LogP contribution in [0.5, 0.6) is 0 Å². The Labute approximate surface area is 187 Å². The Morgan fingerprint density at radius 2 is 1.84 bits per heavy atom. The molecule has 3 aliphatic heterocycles. The third-order valence-corrected chi connectivity index (χ3v) is 6.99. The number of anilines is 1. The van der Waals surface area contributed by atoms with Gasteiger partial charge >= 0.3 is 0 Å². The number of aryl methyl sites for hydroxylation is 1. The highest BCUT2D eigenvalue weighted by Gasteiger charge is 2.70. The van der Waals surface area contributed by atoms with Gasteiger partial charge in [0, 0.05) is 37.6 Å². The van der Waals surface area contributed by atoms with E-state index in [0.29, 0.717) is 31.7 Å². The smallest absolute Gasteiger partial charge is 0.250 e. The first-order valence-corrected chi connectivity index (χ1v) is 11.1. The molecule has 4 unspecified atom stereocenters. The number of nitrogens with zero attached hydrogens (tertiary/aromatic N) is 1. The molecule has 5 rings (SSSR count). The summed E-state index contributed by atoms with van der Waals surface area (Å²) in [6.45, 7) is 2.73. The molecular weight excluding hydrogens is 406 g/mol. The molecule has 0 aromatic heterocycles. The van der Waals surface area contributed by atoms with Gasteiger partial charge in [0.2, 0.25) is 17.7 Å². The Bertz CT molecular complexity index is 1090. The molecule has 0 aliphatic carbocycles. The number of fused-ring (bicyclic) bond motifs is 4. The second-order valence-corrected chi connectivity index (χ2v) is 8.93. The number of nitrogens with one attached hydrogen (secondary N) is 2. The van der Waals surface area contributed by atoms with Crippen LogP contribution < -0.4 is 10.6 Å². The van der Waals surface area contributed by atoms with Gasteiger partial charge < -0.3 is 10.1 Å². The largest absolute Gasteiger partial charge is 0.385 e. The molecule has 2 N–H and O–H groups in total. The SMILES string of the molecule is COCCCN1C(=O)C2C(Cc3ccccc3)NC3(C(=O)Nc4ccc(C)cc43)C2C1=O. The minimum atomic E-state index is -1.24. The van der Waals surface area contributed by atoms with Gasteiger partial charge in [0.05, 0.1) is 11.8 Å². The minimum absolute atomic E-state index is 0.199. The number of ether oxygens (including phenoxy) is 1. The van der Waals surface area contributed by atoms with Crippen molar-refractivity contribution in [3.8, 4) is 0 Å². The Morgan fingerprint density at radius 3 is 2.59 bits per heavy atom. The van der Waals surface area contributed by atoms with Crippen molar-refractivity contribution in [3.05, 3.63) is 65.2 Å². The molecule has 7 heteroatoms. The number of likely N-dealkylation sites (tertiary alicyclic amines) is 1. The van der Waals surface area contributed by atoms with Crippen molar-refractivity contribution < 1.29 is 19.1 Å². The number of hydrogen-bond acceptors (Lipinski definition) is 5. The third kappa shape index (κ3) is 2.99. The van der Waals surface area contributed by atoms with Gasteiger partial charge in [-0.25, -0.2) is 0 Å². The Morgan fingerprint density at radius 1 is 1.06 bits per heavy atom. The Hall–Kier alpha value is -3.03. The van der Waals surface area contributed by atoms with Crippen LogP contribution in [0.15, 0.2) is 48.5 Å². The number of imide groups is 1. The molecule has 0 bridgehead atoms. The van der Waals surface area contributed by atoms with Crippen LogP contribution in [0.25, 0.3) is 0 Å². The van der Waals surface area contributed by atoms with Crippen molar-refractivity contribution in [2.24, 2.45) is 11.8 Å². The van der Waals surface area contributed by atoms with E-state index in [0.717, 1.165) is 16.7 Å². The first-order valence-electron chi connectivity index (χ1n) is 11.1. The van der Waals surface area contributed by atoms with Gasteiger partial charge in [0.15, 0.2) is 0 Å². The molecule has 3 amide bonds. The van der Waals surface area contributed by atoms with Crippen LogP contribution >= 0.6 is 0 Å². The van der Waals surface area contributed by atoms with Gasteiger partial charge in [-0.3, -0.25) is 24.6 Å². The molecule has 32 heavy (non-hydrogen) atoms. The summed E-state index contributed by atoms with van der Waals surface area (Å²) in [5, 5.41) is 6.45. The summed E-state index contributed by atoms with van der Waals surface area (Å²) in [5.41, 5.74) is 2.27. The maximum Gasteiger partial charge on any atom is 0.250 e. The zero-order valence-electron chi connectivity index (χ0n) is 18.3. The molecular formula is C25H27N3O4. The minimum Gasteiger partial charge on any atom is -0.385 e. The summed E-state index contributed by atoms with van der Waals surface area (Å²) >= 11 is 0. The average molecular weight is 434 g/mol. The number of carbonyl (C=O) groups is 3. The van der Waals surface area contributed by atoms with Gasteiger partial charge in [-0.2, -0.15) is 0 Å². The summed E-state index contributed by atoms with van der Waals surface area (Å²) in [6.07, 6.45) is 1.13. The van der Waals surface area contributed by atoms with E-state index in [1.807, 2.05) is 55.5 Å². The van der Waals surface area contributed by atoms with E-state index in [2.05, 4.69) is 10.6 Å². The lowest BCUT2D eigenvalue weighted by Gasteiger charge is -2.29. The number of rotatable bonds is 6. The van der Waals surface area contributed by atoms with E-state index in [4.69, 9.17) is 4.74 Å². The van der Waals surface area contributed by atoms with E-state index in [1.165, 1.54) is 4.90 Å². The lowest BCUT2D eigenvalue weighted by atomic mass is 9.76. The quantitative estimate of drug-likeness (QED) is 0.538. The Balaban J connectivity index is 1.59. The van der Waals surface area contributed by atoms with Crippen molar-refractivity contribution in [2.45, 2.75) is 31.3 Å². The standard InChI is InChI=1S/C25H27N3O4/c1-15-9-10-18-17(13-15)25(24(31)26-18)21-20(19(27-25)14-16-7-4-3-5-8-16)22(29)28(23(21)30)11-6-12-32-2/h3-5,7-10,13,19-21,27H,6,11-12,14H2,1-2H3,(H,26,31). The van der Waals surface area contributed by atoms with Crippen LogP contribution in [0.3, 0.4) is 0 Å². The third-order valence-electron chi connectivity index (χ3n) is 6.99. The van der Waals surface area contributed by atoms with E-state index in [-0.39, 0.29) is 23.8 Å². The molecule has 2 saturated heterocycles. The van der Waals surface area contributed by atoms with Crippen LogP contribution in [0.1, 0.15) is 23.1 Å². The predicted molar refractivity (Wildman–Crippen MR) is 119 cm³/mol. The maximum absolute atomic E-state index is 13.6. The number of hydrogen-bond donors (Lipinski definition) is 2. The molecule has 0 saturated carbocycles. The fraction of sp³-hybridized carbons (Fsp3) is 0.400. The number of methoxy groups -OCH3 is 1. The van der Waals surface area contributed by atoms with Crippen molar-refractivity contribution in [2.75, 3.05) is 25.6 Å². The first kappa shape index (κ1) is 20.8. The van der Waals surface area contributed by atoms with Crippen LogP contribution in [0, 0.1) is 18.8 Å². The van der Waals surface area contributed by atoms with E-state index in [1.54, 1.807) is 7.11 Å². The normalized spacial score (nSPS) is 28.4. The fourth-order valence-corrected chi connectivity index (χ4v) is 5.61. The monoisotopic (exact) mass is 433 g/mol. The zero-order valence-corrected chi connectivity index (χ0v) is 18.3. The predicted octanol–water partition coefficient (Wildman–Crippen LogP) is 1.99. The molecule has 2 fully saturated rings. The molecule has 3 heterocycles. The highest BCUT2D eigenvalue weighted by atomic mass is 16.5. The topological polar surface area (TPSA) is 87.7 Å². The number of carbonyl (C=O) groups excluding carboxylic acids is 3. The van der Waals surface area contributed by atoms with Crippen molar-refractivity contribution in [3.63, 3.8) is 0 Å². The first-order chi connectivity index (χ1) is 15.5. The van der Waals surface area contributed by atoms with Gasteiger partial charge in [-0.1, -0.05) is 48.0 Å². The van der Waals surface area contributed by atoms with Crippen molar-refractivity contribution >= 4 is 23.4 Å². The summed E-state index contributed by atoms with van der Waals surface area (Å²) in [4.78, 5) is 41.9. The van der Waals surface area contributed by atoms with Crippen LogP contribution in [0.4, 0.5) is 5.69 Å². The lowest BCUT2D eigenvalue weighted by Crippen LogP contribution is -2.53. The summed E-state index contributed by atoms with van der Waals surface area (Å²) in [7, 11) is 1.60. The summed E-state index contributed by atoms with van der Waals surface area (Å²) in [6, 6.07) is 15.3. The molecule has 3 aliphatic rings. The summed E-state index contributed by atoms with van der Waals surface area (Å²) in [5.74, 6) is -2.10. The second-order valence-electron chi connectivity index (χ2n) is 8.93. The molecule has 4 atom stereocenters. The summed E-state index contributed by atoms with van der Waals surface area (Å²) < 4.78 is 5.11. The molecule has 0 radical (unpaired) electrons. The number of benzene rings is 2. The van der Waals surface area contributed by atoms with Crippen molar-refractivity contribution in [1.82, 2.24) is 10.2 Å². The maximum atomic E-state index is 13.6. The lowest BCUT2D eigenvalue weighted by molar-refractivity contribution is -0.143. The molecule has 166 valence electrons. The van der Waals surface area contributed by atoms with Crippen LogP contribution in [-0.2, 0) is 31.1 Å². The van der Waals surface area contributed by atoms with E-state index in [9.17, 15) is 14.4 Å². The highest BCUT2D eigenvalue weighted by Crippen LogP contribution is 2.53. The van der Waals surface area contributed by atoms with Gasteiger partial charge in [0.1, 0.15) is 5.54 Å². The molecule has 2 aromatic rings. The van der Waals surface area contributed by atoms with Crippen LogP contribution in [-0.4, -0.2) is 48.9 Å². The average Bonchev–Trinajstić information content (AvgIpc) is 3.35. The number of amides is 3. The van der Waals surface area contributed by atoms with Gasteiger partial charge in [-0.15, -0.1) is 0 Å². The van der Waals surface area contributed by atoms with Crippen molar-refractivity contribution in [1.29, 1.82) is 0 Å². The molecule has 1 spiro atoms. The van der Waals surface area contributed by atoms with Crippen LogP contribution in [0.2, 0.25) is 0 Å². The molecule has 2 aromatic carbocycles. The van der Waals surface area contributed by atoms with Gasteiger partial charge in [-0.05, 0) is 31.4 Å². The Kier molecular flexibility index (Phi) is 5.10.